The van der Waals surface area contributed by atoms with Crippen molar-refractivity contribution in [1.82, 2.24) is 4.72 Å². The molecule has 1 aliphatic rings. The molecule has 3 N–H and O–H groups in total. The van der Waals surface area contributed by atoms with Crippen LogP contribution in [0.5, 0.6) is 0 Å². The lowest BCUT2D eigenvalue weighted by Gasteiger charge is -2.11. The number of sulfonamides is 1. The molecule has 1 fully saturated rings. The largest absolute Gasteiger partial charge is 0.464 e. The first kappa shape index (κ1) is 9.27. The van der Waals surface area contributed by atoms with Gasteiger partial charge in [-0.05, 0) is 12.8 Å². The van der Waals surface area contributed by atoms with Crippen LogP contribution in [-0.2, 0) is 10.0 Å². The highest BCUT2D eigenvalue weighted by molar-refractivity contribution is 7.91. The summed E-state index contributed by atoms with van der Waals surface area (Å²) in [6.45, 7) is -0.532. The Morgan fingerprint density at radius 3 is 2.25 bits per heavy atom. The van der Waals surface area contributed by atoms with E-state index in [1.54, 1.807) is 0 Å². The predicted molar refractivity (Wildman–Crippen MR) is 39.1 cm³/mol. The van der Waals surface area contributed by atoms with Crippen LogP contribution in [0.4, 0.5) is 4.79 Å². The first-order valence-electron chi connectivity index (χ1n) is 3.30. The molecular formula is C5H9NO5S. The SMILES string of the molecule is O=C(O)NS(=O)(=O)C1(CO)CC1. The third kappa shape index (κ3) is 1.37. The maximum atomic E-state index is 11.1. The van der Waals surface area contributed by atoms with Gasteiger partial charge in [-0.25, -0.2) is 17.9 Å². The number of amides is 1. The summed E-state index contributed by atoms with van der Waals surface area (Å²) in [7, 11) is -3.90. The van der Waals surface area contributed by atoms with E-state index in [9.17, 15) is 13.2 Å². The summed E-state index contributed by atoms with van der Waals surface area (Å²) in [5.74, 6) is 0. The van der Waals surface area contributed by atoms with Crippen molar-refractivity contribution in [2.75, 3.05) is 6.61 Å². The lowest BCUT2D eigenvalue weighted by Crippen LogP contribution is -2.41. The Kier molecular flexibility index (Phi) is 2.01. The number of carbonyl (C=O) groups is 1. The second-order valence-corrected chi connectivity index (χ2v) is 4.83. The number of aliphatic hydroxyl groups is 1. The van der Waals surface area contributed by atoms with Crippen molar-refractivity contribution in [3.8, 4) is 0 Å². The predicted octanol–water partition coefficient (Wildman–Crippen LogP) is -0.891. The average molecular weight is 195 g/mol. The molecule has 1 aliphatic carbocycles. The molecule has 6 nitrogen and oxygen atoms in total. The van der Waals surface area contributed by atoms with Gasteiger partial charge < -0.3 is 10.2 Å². The average Bonchev–Trinajstić information content (AvgIpc) is 2.62. The molecule has 0 aliphatic heterocycles. The zero-order valence-corrected chi connectivity index (χ0v) is 6.97. The van der Waals surface area contributed by atoms with Crippen LogP contribution < -0.4 is 4.72 Å². The van der Waals surface area contributed by atoms with Gasteiger partial charge in [0.1, 0.15) is 4.75 Å². The zero-order chi connectivity index (χ0) is 9.41. The minimum atomic E-state index is -3.90. The molecule has 7 heteroatoms. The fourth-order valence-corrected chi connectivity index (χ4v) is 2.13. The maximum Gasteiger partial charge on any atom is 0.418 e. The van der Waals surface area contributed by atoms with Crippen LogP contribution in [0.2, 0.25) is 0 Å². The van der Waals surface area contributed by atoms with Gasteiger partial charge in [-0.2, -0.15) is 0 Å². The summed E-state index contributed by atoms with van der Waals surface area (Å²) < 4.78 is 22.4. The highest BCUT2D eigenvalue weighted by atomic mass is 32.2. The van der Waals surface area contributed by atoms with Gasteiger partial charge in [-0.1, -0.05) is 0 Å². The van der Waals surface area contributed by atoms with Crippen LogP contribution in [0.25, 0.3) is 0 Å². The molecule has 0 heterocycles. The third-order valence-electron chi connectivity index (χ3n) is 1.89. The quantitative estimate of drug-likeness (QED) is 0.542. The van der Waals surface area contributed by atoms with Crippen LogP contribution >= 0.6 is 0 Å². The Bertz CT molecular complexity index is 291. The van der Waals surface area contributed by atoms with E-state index in [1.807, 2.05) is 0 Å². The molecule has 0 spiro atoms. The normalized spacial score (nSPS) is 20.1. The summed E-state index contributed by atoms with van der Waals surface area (Å²) in [4.78, 5) is 10.0. The topological polar surface area (TPSA) is 104 Å². The summed E-state index contributed by atoms with van der Waals surface area (Å²) >= 11 is 0. The fraction of sp³-hybridized carbons (Fsp3) is 0.800. The van der Waals surface area contributed by atoms with E-state index in [2.05, 4.69) is 0 Å². The molecule has 1 amide bonds. The standard InChI is InChI=1S/C5H9NO5S/c7-3-5(1-2-5)12(10,11)6-4(8)9/h6-7H,1-3H2,(H,8,9). The van der Waals surface area contributed by atoms with E-state index < -0.39 is 27.5 Å². The molecule has 0 aromatic rings. The first-order chi connectivity index (χ1) is 5.43. The summed E-state index contributed by atoms with van der Waals surface area (Å²) in [5, 5.41) is 16.9. The van der Waals surface area contributed by atoms with Crippen molar-refractivity contribution >= 4 is 16.1 Å². The van der Waals surface area contributed by atoms with Crippen molar-refractivity contribution in [3.63, 3.8) is 0 Å². The van der Waals surface area contributed by atoms with Crippen LogP contribution in [0.1, 0.15) is 12.8 Å². The highest BCUT2D eigenvalue weighted by Crippen LogP contribution is 2.42. The van der Waals surface area contributed by atoms with E-state index in [-0.39, 0.29) is 0 Å². The molecule has 0 aromatic carbocycles. The molecular weight excluding hydrogens is 186 g/mol. The van der Waals surface area contributed by atoms with Gasteiger partial charge in [0.2, 0.25) is 10.0 Å². The van der Waals surface area contributed by atoms with Crippen molar-refractivity contribution in [2.45, 2.75) is 17.6 Å². The highest BCUT2D eigenvalue weighted by Gasteiger charge is 2.55. The van der Waals surface area contributed by atoms with Crippen molar-refractivity contribution < 1.29 is 23.4 Å². The van der Waals surface area contributed by atoms with Crippen LogP contribution in [-0.4, -0.2) is 36.1 Å². The molecule has 0 atom stereocenters. The minimum Gasteiger partial charge on any atom is -0.464 e. The third-order valence-corrected chi connectivity index (χ3v) is 4.01. The van der Waals surface area contributed by atoms with Gasteiger partial charge in [0.05, 0.1) is 6.61 Å². The van der Waals surface area contributed by atoms with E-state index in [0.717, 1.165) is 0 Å². The zero-order valence-electron chi connectivity index (χ0n) is 6.15. The van der Waals surface area contributed by atoms with Gasteiger partial charge >= 0.3 is 6.09 Å². The Hall–Kier alpha value is -0.820. The van der Waals surface area contributed by atoms with E-state index in [1.165, 1.54) is 4.72 Å². The Labute approximate surface area is 69.3 Å². The minimum absolute atomic E-state index is 0.312. The second-order valence-electron chi connectivity index (χ2n) is 2.75. The molecule has 0 bridgehead atoms. The van der Waals surface area contributed by atoms with Crippen LogP contribution in [0.15, 0.2) is 0 Å². The van der Waals surface area contributed by atoms with Gasteiger partial charge in [-0.3, -0.25) is 0 Å². The smallest absolute Gasteiger partial charge is 0.418 e. The number of carboxylic acid groups (broad SMARTS) is 1. The number of hydrogen-bond donors (Lipinski definition) is 3. The van der Waals surface area contributed by atoms with Gasteiger partial charge in [0.25, 0.3) is 0 Å². The molecule has 0 aromatic heterocycles. The Morgan fingerprint density at radius 1 is 1.50 bits per heavy atom. The number of rotatable bonds is 3. The summed E-state index contributed by atoms with van der Waals surface area (Å²) in [6, 6.07) is 0. The van der Waals surface area contributed by atoms with Gasteiger partial charge in [-0.15, -0.1) is 0 Å². The number of aliphatic hydroxyl groups excluding tert-OH is 1. The molecule has 0 radical (unpaired) electrons. The number of hydrogen-bond acceptors (Lipinski definition) is 4. The van der Waals surface area contributed by atoms with Crippen LogP contribution in [0.3, 0.4) is 0 Å². The lowest BCUT2D eigenvalue weighted by atomic mass is 10.5. The fourth-order valence-electron chi connectivity index (χ4n) is 0.874. The number of nitrogens with one attached hydrogen (secondary N) is 1. The van der Waals surface area contributed by atoms with Crippen LogP contribution in [0, 0.1) is 0 Å². The molecule has 0 unspecified atom stereocenters. The Morgan fingerprint density at radius 2 is 2.00 bits per heavy atom. The van der Waals surface area contributed by atoms with Crippen molar-refractivity contribution in [2.24, 2.45) is 0 Å². The van der Waals surface area contributed by atoms with Gasteiger partial charge in [0.15, 0.2) is 0 Å². The monoisotopic (exact) mass is 195 g/mol. The molecule has 0 saturated heterocycles. The van der Waals surface area contributed by atoms with E-state index in [4.69, 9.17) is 10.2 Å². The van der Waals surface area contributed by atoms with E-state index in [0.29, 0.717) is 12.8 Å². The molecule has 1 rings (SSSR count). The second kappa shape index (κ2) is 2.60. The molecule has 1 saturated carbocycles. The maximum absolute atomic E-state index is 11.1. The molecule has 12 heavy (non-hydrogen) atoms. The van der Waals surface area contributed by atoms with Crippen molar-refractivity contribution in [3.05, 3.63) is 0 Å². The first-order valence-corrected chi connectivity index (χ1v) is 4.78. The lowest BCUT2D eigenvalue weighted by molar-refractivity contribution is 0.200. The Balaban J connectivity index is 2.79. The van der Waals surface area contributed by atoms with Crippen molar-refractivity contribution in [1.29, 1.82) is 0 Å². The van der Waals surface area contributed by atoms with E-state index >= 15 is 0 Å². The summed E-state index contributed by atoms with van der Waals surface area (Å²) in [5.41, 5.74) is 0. The van der Waals surface area contributed by atoms with Gasteiger partial charge in [0, 0.05) is 0 Å². The molecule has 70 valence electrons. The summed E-state index contributed by atoms with van der Waals surface area (Å²) in [6.07, 6.45) is -0.993.